The number of carbonyl (C=O) groups excluding carboxylic acids is 1. The predicted octanol–water partition coefficient (Wildman–Crippen LogP) is 2.91. The number of halogens is 1. The van der Waals surface area contributed by atoms with Crippen molar-refractivity contribution in [3.8, 4) is 0 Å². The number of nitrogens with one attached hydrogen (secondary N) is 1. The van der Waals surface area contributed by atoms with E-state index in [1.807, 2.05) is 6.07 Å². The lowest BCUT2D eigenvalue weighted by molar-refractivity contribution is -0.114. The summed E-state index contributed by atoms with van der Waals surface area (Å²) in [5, 5.41) is 3.19. The summed E-state index contributed by atoms with van der Waals surface area (Å²) in [5.74, 6) is -0.146. The average molecular weight is 227 g/mol. The van der Waals surface area contributed by atoms with Crippen LogP contribution in [-0.4, -0.2) is 10.9 Å². The molecule has 0 bridgehead atoms. The molecule has 1 aromatic heterocycles. The molecule has 0 atom stereocenters. The van der Waals surface area contributed by atoms with Gasteiger partial charge in [-0.1, -0.05) is 11.6 Å². The topological polar surface area (TPSA) is 42.0 Å². The van der Waals surface area contributed by atoms with E-state index in [0.717, 1.165) is 10.2 Å². The Morgan fingerprint density at radius 1 is 1.57 bits per heavy atom. The zero-order valence-electron chi connectivity index (χ0n) is 7.37. The number of hydrogen-bond acceptors (Lipinski definition) is 3. The number of carbonyl (C=O) groups is 1. The van der Waals surface area contributed by atoms with Gasteiger partial charge in [-0.25, -0.2) is 4.98 Å². The van der Waals surface area contributed by atoms with Crippen molar-refractivity contribution in [2.75, 3.05) is 5.32 Å². The summed E-state index contributed by atoms with van der Waals surface area (Å²) in [6.45, 7) is 1.45. The van der Waals surface area contributed by atoms with Gasteiger partial charge in [-0.2, -0.15) is 0 Å². The first-order valence-electron chi connectivity index (χ1n) is 3.98. The van der Waals surface area contributed by atoms with Gasteiger partial charge in [-0.15, -0.1) is 11.3 Å². The van der Waals surface area contributed by atoms with Gasteiger partial charge in [0.25, 0.3) is 0 Å². The highest BCUT2D eigenvalue weighted by molar-refractivity contribution is 7.16. The second kappa shape index (κ2) is 3.55. The molecule has 72 valence electrons. The van der Waals surface area contributed by atoms with E-state index in [1.54, 1.807) is 11.6 Å². The van der Waals surface area contributed by atoms with Gasteiger partial charge in [0.2, 0.25) is 5.91 Å². The fraction of sp³-hybridized carbons (Fsp3) is 0.111. The lowest BCUT2D eigenvalue weighted by Gasteiger charge is -2.04. The largest absolute Gasteiger partial charge is 0.323 e. The highest BCUT2D eigenvalue weighted by Gasteiger charge is 2.09. The third-order valence-corrected chi connectivity index (χ3v) is 2.86. The molecular formula is C9H7ClN2OS. The summed E-state index contributed by atoms with van der Waals surface area (Å²) in [5.41, 5.74) is 3.07. The molecule has 0 aliphatic carbocycles. The van der Waals surface area contributed by atoms with E-state index in [2.05, 4.69) is 10.3 Å². The Bertz CT molecular complexity index is 495. The highest BCUT2D eigenvalue weighted by Crippen LogP contribution is 2.31. The number of benzene rings is 1. The van der Waals surface area contributed by atoms with Crippen LogP contribution in [-0.2, 0) is 4.79 Å². The van der Waals surface area contributed by atoms with Gasteiger partial charge in [-0.3, -0.25) is 4.79 Å². The van der Waals surface area contributed by atoms with Crippen LogP contribution in [0.4, 0.5) is 5.69 Å². The minimum atomic E-state index is -0.146. The van der Waals surface area contributed by atoms with Crippen LogP contribution in [0.2, 0.25) is 5.02 Å². The Morgan fingerprint density at radius 2 is 2.36 bits per heavy atom. The molecule has 0 aliphatic heterocycles. The molecule has 2 aromatic rings. The van der Waals surface area contributed by atoms with E-state index in [1.165, 1.54) is 18.3 Å². The molecule has 14 heavy (non-hydrogen) atoms. The highest BCUT2D eigenvalue weighted by atomic mass is 35.5. The Morgan fingerprint density at radius 3 is 3.07 bits per heavy atom. The maximum atomic E-state index is 10.9. The van der Waals surface area contributed by atoms with Gasteiger partial charge >= 0.3 is 0 Å². The van der Waals surface area contributed by atoms with Gasteiger partial charge in [0.05, 0.1) is 20.9 Å². The maximum Gasteiger partial charge on any atom is 0.221 e. The quantitative estimate of drug-likeness (QED) is 0.813. The van der Waals surface area contributed by atoms with Gasteiger partial charge in [0.1, 0.15) is 5.52 Å². The van der Waals surface area contributed by atoms with E-state index in [-0.39, 0.29) is 5.91 Å². The number of thiazole rings is 1. The number of anilines is 1. The third-order valence-electron chi connectivity index (χ3n) is 1.75. The number of hydrogen-bond donors (Lipinski definition) is 1. The molecule has 0 unspecified atom stereocenters. The van der Waals surface area contributed by atoms with Gasteiger partial charge < -0.3 is 5.32 Å². The fourth-order valence-electron chi connectivity index (χ4n) is 1.20. The average Bonchev–Trinajstić information content (AvgIpc) is 2.57. The standard InChI is InChI=1S/C9H7ClN2OS/c1-5(13)12-8-6(10)2-3-7-9(8)11-4-14-7/h2-4H,1H3,(H,12,13). The van der Waals surface area contributed by atoms with Crippen LogP contribution in [0.25, 0.3) is 10.2 Å². The smallest absolute Gasteiger partial charge is 0.221 e. The van der Waals surface area contributed by atoms with E-state index < -0.39 is 0 Å². The molecule has 1 N–H and O–H groups in total. The van der Waals surface area contributed by atoms with E-state index in [0.29, 0.717) is 10.7 Å². The Balaban J connectivity index is 2.64. The summed E-state index contributed by atoms with van der Waals surface area (Å²) >= 11 is 7.47. The van der Waals surface area contributed by atoms with Crippen LogP contribution in [0.1, 0.15) is 6.92 Å². The zero-order chi connectivity index (χ0) is 10.1. The summed E-state index contributed by atoms with van der Waals surface area (Å²) in [6, 6.07) is 3.65. The molecule has 0 radical (unpaired) electrons. The summed E-state index contributed by atoms with van der Waals surface area (Å²) in [6.07, 6.45) is 0. The molecule has 0 fully saturated rings. The Hall–Kier alpha value is -1.13. The normalized spacial score (nSPS) is 10.4. The molecule has 1 aromatic carbocycles. The van der Waals surface area contributed by atoms with Crippen LogP contribution in [0, 0.1) is 0 Å². The predicted molar refractivity (Wildman–Crippen MR) is 58.9 cm³/mol. The summed E-state index contributed by atoms with van der Waals surface area (Å²) < 4.78 is 1.01. The molecule has 0 saturated carbocycles. The first kappa shape index (κ1) is 9.43. The zero-order valence-corrected chi connectivity index (χ0v) is 8.95. The molecule has 2 rings (SSSR count). The van der Waals surface area contributed by atoms with Crippen molar-refractivity contribution < 1.29 is 4.79 Å². The summed E-state index contributed by atoms with van der Waals surface area (Å²) in [4.78, 5) is 15.1. The van der Waals surface area contributed by atoms with Crippen LogP contribution in [0.3, 0.4) is 0 Å². The van der Waals surface area contributed by atoms with Crippen molar-refractivity contribution in [1.29, 1.82) is 0 Å². The maximum absolute atomic E-state index is 10.9. The lowest BCUT2D eigenvalue weighted by atomic mass is 10.3. The monoisotopic (exact) mass is 226 g/mol. The molecule has 0 aliphatic rings. The van der Waals surface area contributed by atoms with Crippen molar-refractivity contribution in [1.82, 2.24) is 4.98 Å². The SMILES string of the molecule is CC(=O)Nc1c(Cl)ccc2scnc12. The van der Waals surface area contributed by atoms with Gasteiger partial charge in [0.15, 0.2) is 0 Å². The minimum absolute atomic E-state index is 0.146. The number of fused-ring (bicyclic) bond motifs is 1. The van der Waals surface area contributed by atoms with Crippen LogP contribution in [0.5, 0.6) is 0 Å². The van der Waals surface area contributed by atoms with E-state index in [9.17, 15) is 4.79 Å². The summed E-state index contributed by atoms with van der Waals surface area (Å²) in [7, 11) is 0. The molecule has 1 amide bonds. The van der Waals surface area contributed by atoms with Gasteiger partial charge in [0, 0.05) is 6.92 Å². The van der Waals surface area contributed by atoms with Crippen molar-refractivity contribution in [2.45, 2.75) is 6.92 Å². The molecule has 0 saturated heterocycles. The fourth-order valence-corrected chi connectivity index (χ4v) is 2.09. The minimum Gasteiger partial charge on any atom is -0.323 e. The Labute approximate surface area is 89.7 Å². The van der Waals surface area contributed by atoms with Gasteiger partial charge in [-0.05, 0) is 12.1 Å². The Kier molecular flexibility index (Phi) is 2.39. The van der Waals surface area contributed by atoms with Crippen LogP contribution in [0.15, 0.2) is 17.6 Å². The lowest BCUT2D eigenvalue weighted by Crippen LogP contribution is -2.06. The van der Waals surface area contributed by atoms with E-state index >= 15 is 0 Å². The number of nitrogens with zero attached hydrogens (tertiary/aromatic N) is 1. The first-order valence-corrected chi connectivity index (χ1v) is 5.23. The van der Waals surface area contributed by atoms with Crippen LogP contribution >= 0.6 is 22.9 Å². The molecule has 0 spiro atoms. The van der Waals surface area contributed by atoms with E-state index in [4.69, 9.17) is 11.6 Å². The van der Waals surface area contributed by atoms with Crippen molar-refractivity contribution in [3.05, 3.63) is 22.7 Å². The molecular weight excluding hydrogens is 220 g/mol. The molecule has 1 heterocycles. The number of aromatic nitrogens is 1. The number of amides is 1. The van der Waals surface area contributed by atoms with Crippen molar-refractivity contribution in [3.63, 3.8) is 0 Å². The molecule has 3 nitrogen and oxygen atoms in total. The second-order valence-electron chi connectivity index (χ2n) is 2.80. The van der Waals surface area contributed by atoms with Crippen LogP contribution < -0.4 is 5.32 Å². The third kappa shape index (κ3) is 1.58. The van der Waals surface area contributed by atoms with Crippen molar-refractivity contribution >= 4 is 44.7 Å². The first-order chi connectivity index (χ1) is 6.68. The number of rotatable bonds is 1. The molecule has 5 heteroatoms. The second-order valence-corrected chi connectivity index (χ2v) is 4.10. The van der Waals surface area contributed by atoms with Crippen molar-refractivity contribution in [2.24, 2.45) is 0 Å².